The summed E-state index contributed by atoms with van der Waals surface area (Å²) in [5, 5.41) is 12.2. The maximum absolute atomic E-state index is 12.9. The fourth-order valence-electron chi connectivity index (χ4n) is 3.62. The Morgan fingerprint density at radius 1 is 1.29 bits per heavy atom. The second kappa shape index (κ2) is 8.28. The van der Waals surface area contributed by atoms with Gasteiger partial charge in [-0.05, 0) is 55.1 Å². The van der Waals surface area contributed by atoms with Crippen molar-refractivity contribution in [3.63, 3.8) is 0 Å². The molecule has 0 aliphatic carbocycles. The number of amides is 1. The van der Waals surface area contributed by atoms with Gasteiger partial charge in [0.25, 0.3) is 0 Å². The Labute approximate surface area is 173 Å². The number of H-pyrrole nitrogens is 1. The van der Waals surface area contributed by atoms with E-state index in [1.807, 2.05) is 30.5 Å². The molecule has 146 valence electrons. The van der Waals surface area contributed by atoms with Gasteiger partial charge in [-0.1, -0.05) is 24.3 Å². The summed E-state index contributed by atoms with van der Waals surface area (Å²) in [4.78, 5) is 16.3. The third kappa shape index (κ3) is 3.74. The number of rotatable bonds is 6. The number of hydrogen-bond acceptors (Lipinski definition) is 5. The highest BCUT2D eigenvalue weighted by molar-refractivity contribution is 7.71. The van der Waals surface area contributed by atoms with Crippen molar-refractivity contribution in [2.75, 3.05) is 18.0 Å². The van der Waals surface area contributed by atoms with E-state index >= 15 is 0 Å². The van der Waals surface area contributed by atoms with Crippen LogP contribution in [0.25, 0.3) is 10.7 Å². The minimum absolute atomic E-state index is 0.0773. The van der Waals surface area contributed by atoms with Crippen LogP contribution in [0.5, 0.6) is 0 Å². The molecule has 28 heavy (non-hydrogen) atoms. The number of nitrogens with zero attached hydrogens (tertiary/aromatic N) is 3. The first kappa shape index (κ1) is 18.9. The maximum atomic E-state index is 12.9. The summed E-state index contributed by atoms with van der Waals surface area (Å²) in [6.07, 6.45) is 2.45. The Kier molecular flexibility index (Phi) is 5.59. The Hall–Kier alpha value is -2.45. The SMILES string of the molecule is CC(C(=O)NCc1ccccc1N1CCCC1)n1c(-c2cccs2)n[nH]c1=S. The normalized spacial score (nSPS) is 15.0. The van der Waals surface area contributed by atoms with E-state index in [-0.39, 0.29) is 5.91 Å². The smallest absolute Gasteiger partial charge is 0.243 e. The molecule has 1 unspecified atom stereocenters. The number of para-hydroxylation sites is 1. The first-order valence-electron chi connectivity index (χ1n) is 9.46. The Balaban J connectivity index is 1.50. The Bertz CT molecular complexity index is 1000. The fourth-order valence-corrected chi connectivity index (χ4v) is 4.62. The van der Waals surface area contributed by atoms with Crippen LogP contribution >= 0.6 is 23.6 Å². The van der Waals surface area contributed by atoms with Gasteiger partial charge < -0.3 is 10.2 Å². The summed E-state index contributed by atoms with van der Waals surface area (Å²) in [6, 6.07) is 11.8. The van der Waals surface area contributed by atoms with Crippen molar-refractivity contribution in [2.24, 2.45) is 0 Å². The lowest BCUT2D eigenvalue weighted by Crippen LogP contribution is -2.31. The van der Waals surface area contributed by atoms with Crippen molar-refractivity contribution in [1.82, 2.24) is 20.1 Å². The number of hydrogen-bond donors (Lipinski definition) is 2. The van der Waals surface area contributed by atoms with E-state index in [1.54, 1.807) is 15.9 Å². The maximum Gasteiger partial charge on any atom is 0.243 e. The molecule has 6 nitrogen and oxygen atoms in total. The van der Waals surface area contributed by atoms with Crippen LogP contribution in [0.2, 0.25) is 0 Å². The highest BCUT2D eigenvalue weighted by Crippen LogP contribution is 2.26. The van der Waals surface area contributed by atoms with Crippen molar-refractivity contribution in [2.45, 2.75) is 32.4 Å². The molecule has 2 N–H and O–H groups in total. The van der Waals surface area contributed by atoms with E-state index < -0.39 is 6.04 Å². The Morgan fingerprint density at radius 3 is 2.82 bits per heavy atom. The van der Waals surface area contributed by atoms with Gasteiger partial charge in [0, 0.05) is 25.3 Å². The molecule has 3 aromatic rings. The highest BCUT2D eigenvalue weighted by atomic mass is 32.1. The topological polar surface area (TPSA) is 66.0 Å². The summed E-state index contributed by atoms with van der Waals surface area (Å²) in [5.41, 5.74) is 2.35. The lowest BCUT2D eigenvalue weighted by Gasteiger charge is -2.22. The summed E-state index contributed by atoms with van der Waals surface area (Å²) < 4.78 is 2.23. The number of aromatic amines is 1. The van der Waals surface area contributed by atoms with E-state index in [0.29, 0.717) is 17.1 Å². The summed E-state index contributed by atoms with van der Waals surface area (Å²) in [7, 11) is 0. The van der Waals surface area contributed by atoms with E-state index in [0.717, 1.165) is 23.5 Å². The molecular weight excluding hydrogens is 390 g/mol. The first-order valence-corrected chi connectivity index (χ1v) is 10.8. The second-order valence-electron chi connectivity index (χ2n) is 6.92. The van der Waals surface area contributed by atoms with Gasteiger partial charge in [-0.25, -0.2) is 0 Å². The molecule has 1 atom stereocenters. The van der Waals surface area contributed by atoms with Gasteiger partial charge in [0.1, 0.15) is 6.04 Å². The molecular formula is C20H23N5OS2. The van der Waals surface area contributed by atoms with Crippen LogP contribution in [0.15, 0.2) is 41.8 Å². The molecule has 1 aliphatic rings. The molecule has 0 bridgehead atoms. The van der Waals surface area contributed by atoms with Crippen molar-refractivity contribution in [3.8, 4) is 10.7 Å². The minimum Gasteiger partial charge on any atom is -0.371 e. The fraction of sp³-hybridized carbons (Fsp3) is 0.350. The molecule has 0 radical (unpaired) electrons. The van der Waals surface area contributed by atoms with Crippen LogP contribution in [-0.4, -0.2) is 33.8 Å². The van der Waals surface area contributed by atoms with E-state index in [4.69, 9.17) is 12.2 Å². The molecule has 0 saturated carbocycles. The van der Waals surface area contributed by atoms with E-state index in [1.165, 1.54) is 18.5 Å². The van der Waals surface area contributed by atoms with Crippen molar-refractivity contribution < 1.29 is 4.79 Å². The van der Waals surface area contributed by atoms with E-state index in [9.17, 15) is 4.79 Å². The zero-order valence-electron chi connectivity index (χ0n) is 15.7. The van der Waals surface area contributed by atoms with Crippen LogP contribution in [0.1, 0.15) is 31.4 Å². The van der Waals surface area contributed by atoms with Gasteiger partial charge >= 0.3 is 0 Å². The van der Waals surface area contributed by atoms with Gasteiger partial charge in [0.2, 0.25) is 5.91 Å². The van der Waals surface area contributed by atoms with Gasteiger partial charge in [0.15, 0.2) is 10.6 Å². The quantitative estimate of drug-likeness (QED) is 0.596. The number of benzene rings is 1. The molecule has 2 aromatic heterocycles. The summed E-state index contributed by atoms with van der Waals surface area (Å²) >= 11 is 6.95. The zero-order chi connectivity index (χ0) is 19.5. The van der Waals surface area contributed by atoms with E-state index in [2.05, 4.69) is 38.6 Å². The minimum atomic E-state index is -0.456. The lowest BCUT2D eigenvalue weighted by molar-refractivity contribution is -0.124. The molecule has 3 heterocycles. The zero-order valence-corrected chi connectivity index (χ0v) is 17.4. The van der Waals surface area contributed by atoms with Crippen LogP contribution in [0.4, 0.5) is 5.69 Å². The summed E-state index contributed by atoms with van der Waals surface area (Å²) in [5.74, 6) is 0.617. The third-order valence-electron chi connectivity index (χ3n) is 5.10. The Morgan fingerprint density at radius 2 is 2.07 bits per heavy atom. The number of anilines is 1. The van der Waals surface area contributed by atoms with Crippen molar-refractivity contribution in [3.05, 3.63) is 52.1 Å². The predicted octanol–water partition coefficient (Wildman–Crippen LogP) is 4.15. The van der Waals surface area contributed by atoms with Crippen LogP contribution in [0, 0.1) is 4.77 Å². The molecule has 1 aromatic carbocycles. The number of thiophene rings is 1. The standard InChI is InChI=1S/C20H23N5OS2/c1-14(25-18(22-23-20(25)27)17-9-6-12-28-17)19(26)21-13-15-7-2-3-8-16(15)24-10-4-5-11-24/h2-3,6-9,12,14H,4-5,10-11,13H2,1H3,(H,21,26)(H,23,27). The number of carbonyl (C=O) groups is 1. The largest absolute Gasteiger partial charge is 0.371 e. The van der Waals surface area contributed by atoms with Gasteiger partial charge in [0.05, 0.1) is 4.88 Å². The van der Waals surface area contributed by atoms with Gasteiger partial charge in [-0.15, -0.1) is 11.3 Å². The molecule has 4 rings (SSSR count). The molecule has 1 saturated heterocycles. The van der Waals surface area contributed by atoms with Crippen LogP contribution in [0.3, 0.4) is 0 Å². The number of carbonyl (C=O) groups excluding carboxylic acids is 1. The average molecular weight is 414 g/mol. The summed E-state index contributed by atoms with van der Waals surface area (Å²) in [6.45, 7) is 4.50. The molecule has 1 amide bonds. The molecule has 8 heteroatoms. The molecule has 1 fully saturated rings. The second-order valence-corrected chi connectivity index (χ2v) is 8.25. The van der Waals surface area contributed by atoms with Gasteiger partial charge in [-0.2, -0.15) is 5.10 Å². The molecule has 1 aliphatic heterocycles. The average Bonchev–Trinajstić information content (AvgIpc) is 3.47. The first-order chi connectivity index (χ1) is 13.6. The van der Waals surface area contributed by atoms with Crippen molar-refractivity contribution >= 4 is 35.1 Å². The predicted molar refractivity (Wildman–Crippen MR) is 115 cm³/mol. The van der Waals surface area contributed by atoms with Gasteiger partial charge in [-0.3, -0.25) is 14.5 Å². The molecule has 0 spiro atoms. The lowest BCUT2D eigenvalue weighted by atomic mass is 10.1. The van der Waals surface area contributed by atoms with Crippen LogP contribution in [-0.2, 0) is 11.3 Å². The monoisotopic (exact) mass is 413 g/mol. The van der Waals surface area contributed by atoms with Crippen molar-refractivity contribution in [1.29, 1.82) is 0 Å². The highest BCUT2D eigenvalue weighted by Gasteiger charge is 2.22. The number of nitrogens with one attached hydrogen (secondary N) is 2. The number of aromatic nitrogens is 3. The van der Waals surface area contributed by atoms with Crippen LogP contribution < -0.4 is 10.2 Å². The third-order valence-corrected chi connectivity index (χ3v) is 6.26.